The highest BCUT2D eigenvalue weighted by Gasteiger charge is 2.35. The van der Waals surface area contributed by atoms with Crippen LogP contribution in [0.3, 0.4) is 0 Å². The number of carboxylic acids is 2. The Morgan fingerprint density at radius 1 is 0.974 bits per heavy atom. The second-order valence-corrected chi connectivity index (χ2v) is 9.84. The number of hydrogen-bond donors (Lipinski definition) is 5. The predicted molar refractivity (Wildman–Crippen MR) is 148 cm³/mol. The molecule has 0 radical (unpaired) electrons. The summed E-state index contributed by atoms with van der Waals surface area (Å²) in [4.78, 5) is 37.5. The van der Waals surface area contributed by atoms with E-state index in [2.05, 4.69) is 27.9 Å². The monoisotopic (exact) mass is 530 g/mol. The van der Waals surface area contributed by atoms with Crippen molar-refractivity contribution in [3.63, 3.8) is 0 Å². The molecule has 0 saturated carbocycles. The summed E-state index contributed by atoms with van der Waals surface area (Å²) in [5.74, 6) is -1.89. The first kappa shape index (κ1) is 25.5. The van der Waals surface area contributed by atoms with E-state index < -0.39 is 11.9 Å². The molecule has 194 valence electrons. The number of allylic oxidation sites excluding steroid dienone is 10. The van der Waals surface area contributed by atoms with Crippen molar-refractivity contribution < 1.29 is 24.9 Å². The van der Waals surface area contributed by atoms with Gasteiger partial charge in [0.1, 0.15) is 0 Å². The highest BCUT2D eigenvalue weighted by Crippen LogP contribution is 2.39. The Labute approximate surface area is 224 Å². The van der Waals surface area contributed by atoms with E-state index in [0.717, 1.165) is 23.1 Å². The average molecular weight is 531 g/mol. The summed E-state index contributed by atoms with van der Waals surface area (Å²) in [5, 5.41) is 32.6. The highest BCUT2D eigenvalue weighted by atomic mass is 32.1. The molecule has 0 aliphatic carbocycles. The van der Waals surface area contributed by atoms with Crippen molar-refractivity contribution in [2.24, 2.45) is 26.8 Å². The molecule has 5 rings (SSSR count). The summed E-state index contributed by atoms with van der Waals surface area (Å²) in [6.07, 6.45) is 11.8. The standard InChI is InChI=1S/C28H26N4O5S/c1-13-18(3-4-27(34)35)25-10-26-19(28(36)37)6-17(30-26)7-23-15(12-38)5-16(29-23)8-24-20(11-33)14(2)22(31-24)9-21(13)32-25/h5-11,13,18,32-33,38H,3-4,12H2,1-2H3,(H,34,35)(H,36,37)/t13-,18-/m0/s1. The molecular weight excluding hydrogens is 504 g/mol. The first-order valence-electron chi connectivity index (χ1n) is 12.1. The number of fused-ring (bicyclic) bond motifs is 5. The maximum atomic E-state index is 12.1. The zero-order chi connectivity index (χ0) is 27.1. The summed E-state index contributed by atoms with van der Waals surface area (Å²) in [6.45, 7) is 3.87. The van der Waals surface area contributed by atoms with Gasteiger partial charge in [0, 0.05) is 41.0 Å². The smallest absolute Gasteiger partial charge is 0.337 e. The van der Waals surface area contributed by atoms with Crippen LogP contribution in [0.25, 0.3) is 0 Å². The number of aliphatic hydroxyl groups is 1. The normalized spacial score (nSPS) is 25.0. The van der Waals surface area contributed by atoms with Gasteiger partial charge in [0.05, 0.1) is 46.1 Å². The lowest BCUT2D eigenvalue weighted by Gasteiger charge is -2.14. The fraction of sp³-hybridized carbons (Fsp3) is 0.250. The minimum Gasteiger partial charge on any atom is -0.515 e. The Balaban J connectivity index is 1.72. The summed E-state index contributed by atoms with van der Waals surface area (Å²) < 4.78 is 0. The molecule has 0 aromatic rings. The molecule has 8 bridgehead atoms. The maximum absolute atomic E-state index is 12.1. The van der Waals surface area contributed by atoms with Crippen molar-refractivity contribution in [1.29, 1.82) is 0 Å². The molecule has 5 aliphatic heterocycles. The number of aliphatic imine (C=N–C) groups is 3. The fourth-order valence-electron chi connectivity index (χ4n) is 5.08. The van der Waals surface area contributed by atoms with Gasteiger partial charge in [-0.15, -0.1) is 0 Å². The molecule has 1 fully saturated rings. The third-order valence-corrected chi connectivity index (χ3v) is 7.50. The van der Waals surface area contributed by atoms with Gasteiger partial charge in [0.25, 0.3) is 0 Å². The second-order valence-electron chi connectivity index (χ2n) is 9.53. The Kier molecular flexibility index (Phi) is 6.66. The molecule has 0 unspecified atom stereocenters. The molecule has 5 aliphatic rings. The van der Waals surface area contributed by atoms with Gasteiger partial charge in [-0.25, -0.2) is 19.8 Å². The molecule has 2 atom stereocenters. The van der Waals surface area contributed by atoms with Crippen LogP contribution in [0.5, 0.6) is 0 Å². The number of carbonyl (C=O) groups is 2. The predicted octanol–water partition coefficient (Wildman–Crippen LogP) is 4.20. The Morgan fingerprint density at radius 3 is 2.37 bits per heavy atom. The van der Waals surface area contributed by atoms with Crippen molar-refractivity contribution in [2.45, 2.75) is 26.7 Å². The second kappa shape index (κ2) is 9.94. The number of aliphatic carboxylic acids is 2. The molecular formula is C28H26N4O5S. The zero-order valence-corrected chi connectivity index (χ0v) is 21.7. The molecule has 0 aromatic heterocycles. The number of hydrogen-bond acceptors (Lipinski definition) is 8. The van der Waals surface area contributed by atoms with Crippen molar-refractivity contribution in [1.82, 2.24) is 5.32 Å². The number of nitrogens with zero attached hydrogens (tertiary/aromatic N) is 3. The molecule has 5 heterocycles. The summed E-state index contributed by atoms with van der Waals surface area (Å²) in [7, 11) is 0. The van der Waals surface area contributed by atoms with Gasteiger partial charge >= 0.3 is 11.9 Å². The van der Waals surface area contributed by atoms with Crippen LogP contribution in [0.2, 0.25) is 0 Å². The van der Waals surface area contributed by atoms with Gasteiger partial charge in [0.2, 0.25) is 0 Å². The van der Waals surface area contributed by atoms with Crippen molar-refractivity contribution in [2.75, 3.05) is 5.75 Å². The average Bonchev–Trinajstić information content (AvgIpc) is 3.59. The van der Waals surface area contributed by atoms with E-state index in [9.17, 15) is 24.9 Å². The van der Waals surface area contributed by atoms with Crippen LogP contribution in [-0.4, -0.2) is 50.1 Å². The molecule has 0 spiro atoms. The summed E-state index contributed by atoms with van der Waals surface area (Å²) in [6, 6.07) is 0. The van der Waals surface area contributed by atoms with Crippen LogP contribution >= 0.6 is 12.6 Å². The molecule has 0 amide bonds. The van der Waals surface area contributed by atoms with E-state index in [-0.39, 0.29) is 29.5 Å². The van der Waals surface area contributed by atoms with E-state index in [1.165, 1.54) is 6.08 Å². The van der Waals surface area contributed by atoms with Crippen LogP contribution < -0.4 is 5.32 Å². The SMILES string of the molecule is CC1=C2C=C3NC(=CC4=NC(=CC5=NC(=CC(=N2)C1=CO)C=C5CS)C=C4C(=O)O)[C@@H](CCC(=O)O)[C@@H]3C. The first-order chi connectivity index (χ1) is 18.2. The van der Waals surface area contributed by atoms with E-state index in [4.69, 9.17) is 4.99 Å². The molecule has 9 nitrogen and oxygen atoms in total. The van der Waals surface area contributed by atoms with Gasteiger partial charge in [-0.1, -0.05) is 6.92 Å². The van der Waals surface area contributed by atoms with Crippen molar-refractivity contribution >= 4 is 41.7 Å². The van der Waals surface area contributed by atoms with Gasteiger partial charge in [-0.05, 0) is 60.9 Å². The van der Waals surface area contributed by atoms with Gasteiger partial charge in [-0.3, -0.25) is 4.79 Å². The van der Waals surface area contributed by atoms with E-state index in [0.29, 0.717) is 52.0 Å². The van der Waals surface area contributed by atoms with Gasteiger partial charge in [0.15, 0.2) is 0 Å². The van der Waals surface area contributed by atoms with Gasteiger partial charge < -0.3 is 20.6 Å². The fourth-order valence-corrected chi connectivity index (χ4v) is 5.33. The Hall–Kier alpha value is -4.18. The van der Waals surface area contributed by atoms with Gasteiger partial charge in [-0.2, -0.15) is 12.6 Å². The van der Waals surface area contributed by atoms with Crippen LogP contribution in [0.1, 0.15) is 26.7 Å². The number of carboxylic acid groups (broad SMARTS) is 2. The molecule has 1 saturated heterocycles. The van der Waals surface area contributed by atoms with Crippen LogP contribution in [0.4, 0.5) is 0 Å². The zero-order valence-electron chi connectivity index (χ0n) is 20.8. The number of aliphatic hydroxyl groups excluding tert-OH is 1. The summed E-state index contributed by atoms with van der Waals surface area (Å²) in [5.41, 5.74) is 6.93. The quantitative estimate of drug-likeness (QED) is 0.266. The largest absolute Gasteiger partial charge is 0.515 e. The third-order valence-electron chi connectivity index (χ3n) is 7.16. The number of thiol groups is 1. The Morgan fingerprint density at radius 2 is 1.68 bits per heavy atom. The minimum atomic E-state index is -1.11. The minimum absolute atomic E-state index is 0.0335. The third kappa shape index (κ3) is 4.63. The number of rotatable bonds is 5. The lowest BCUT2D eigenvalue weighted by molar-refractivity contribution is -0.137. The lowest BCUT2D eigenvalue weighted by Crippen LogP contribution is -2.14. The topological polar surface area (TPSA) is 144 Å². The summed E-state index contributed by atoms with van der Waals surface area (Å²) >= 11 is 4.42. The molecule has 4 N–H and O–H groups in total. The van der Waals surface area contributed by atoms with Crippen LogP contribution in [-0.2, 0) is 9.59 Å². The van der Waals surface area contributed by atoms with Crippen LogP contribution in [0.15, 0.2) is 108 Å². The Bertz CT molecular complexity index is 1510. The highest BCUT2D eigenvalue weighted by molar-refractivity contribution is 7.80. The van der Waals surface area contributed by atoms with E-state index >= 15 is 0 Å². The number of nitrogens with one attached hydrogen (secondary N) is 1. The van der Waals surface area contributed by atoms with Crippen LogP contribution in [0, 0.1) is 11.8 Å². The first-order valence-corrected chi connectivity index (χ1v) is 12.8. The van der Waals surface area contributed by atoms with E-state index in [1.807, 2.05) is 26.0 Å². The molecule has 10 heteroatoms. The lowest BCUT2D eigenvalue weighted by atomic mass is 9.88. The van der Waals surface area contributed by atoms with E-state index in [1.54, 1.807) is 18.2 Å². The molecule has 38 heavy (non-hydrogen) atoms. The van der Waals surface area contributed by atoms with Crippen molar-refractivity contribution in [3.8, 4) is 0 Å². The molecule has 0 aromatic carbocycles. The van der Waals surface area contributed by atoms with Crippen molar-refractivity contribution in [3.05, 3.63) is 93.5 Å². The maximum Gasteiger partial charge on any atom is 0.337 e.